The second-order valence-corrected chi connectivity index (χ2v) is 7.45. The van der Waals surface area contributed by atoms with Gasteiger partial charge in [0.25, 0.3) is 5.91 Å². The molecule has 20 heavy (non-hydrogen) atoms. The van der Waals surface area contributed by atoms with E-state index in [1.807, 2.05) is 0 Å². The van der Waals surface area contributed by atoms with Crippen LogP contribution in [0.25, 0.3) is 0 Å². The summed E-state index contributed by atoms with van der Waals surface area (Å²) in [6.07, 6.45) is 3.05. The van der Waals surface area contributed by atoms with E-state index in [-0.39, 0.29) is 22.8 Å². The maximum absolute atomic E-state index is 11.4. The monoisotopic (exact) mass is 298 g/mol. The van der Waals surface area contributed by atoms with Crippen molar-refractivity contribution >= 4 is 21.6 Å². The van der Waals surface area contributed by atoms with Crippen LogP contribution in [-0.4, -0.2) is 50.1 Å². The Kier molecular flexibility index (Phi) is 3.94. The Morgan fingerprint density at radius 3 is 2.50 bits per heavy atom. The van der Waals surface area contributed by atoms with Crippen LogP contribution in [0.5, 0.6) is 0 Å². The third-order valence-corrected chi connectivity index (χ3v) is 4.43. The van der Waals surface area contributed by atoms with Crippen LogP contribution in [0.2, 0.25) is 0 Å². The minimum Gasteiger partial charge on any atom is -0.368 e. The zero-order valence-electron chi connectivity index (χ0n) is 11.5. The lowest BCUT2D eigenvalue weighted by Gasteiger charge is -2.14. The molecule has 0 aliphatic heterocycles. The van der Waals surface area contributed by atoms with Crippen molar-refractivity contribution in [2.45, 2.75) is 12.8 Å². The standard InChI is InChI=1S/C12H18N4O3S/c1-13-11(17)9-3-4-10(16-15-9)14-7-12(5-6-12)8-20(2,18)19/h3-4H,5-8H2,1-2H3,(H,13,17)(H,14,16). The molecule has 8 heteroatoms. The van der Waals surface area contributed by atoms with Gasteiger partial charge in [0.2, 0.25) is 0 Å². The Hall–Kier alpha value is -1.70. The van der Waals surface area contributed by atoms with Gasteiger partial charge in [0.05, 0.1) is 5.75 Å². The smallest absolute Gasteiger partial charge is 0.271 e. The van der Waals surface area contributed by atoms with E-state index in [9.17, 15) is 13.2 Å². The Bertz CT molecular complexity index is 594. The molecule has 1 aromatic rings. The van der Waals surface area contributed by atoms with E-state index in [2.05, 4.69) is 20.8 Å². The van der Waals surface area contributed by atoms with Gasteiger partial charge in [-0.2, -0.15) is 0 Å². The fraction of sp³-hybridized carbons (Fsp3) is 0.583. The number of carbonyl (C=O) groups is 1. The Labute approximate surface area is 118 Å². The minimum atomic E-state index is -2.97. The highest BCUT2D eigenvalue weighted by atomic mass is 32.2. The molecule has 1 heterocycles. The number of carbonyl (C=O) groups excluding carboxylic acids is 1. The summed E-state index contributed by atoms with van der Waals surface area (Å²) >= 11 is 0. The van der Waals surface area contributed by atoms with Crippen molar-refractivity contribution in [3.05, 3.63) is 17.8 Å². The average Bonchev–Trinajstić information content (AvgIpc) is 3.14. The van der Waals surface area contributed by atoms with Gasteiger partial charge in [-0.3, -0.25) is 4.79 Å². The van der Waals surface area contributed by atoms with Gasteiger partial charge in [0.1, 0.15) is 15.7 Å². The highest BCUT2D eigenvalue weighted by Gasteiger charge is 2.45. The van der Waals surface area contributed by atoms with Crippen molar-refractivity contribution in [1.29, 1.82) is 0 Å². The molecule has 1 aliphatic carbocycles. The minimum absolute atomic E-state index is 0.172. The van der Waals surface area contributed by atoms with Crippen molar-refractivity contribution in [1.82, 2.24) is 15.5 Å². The van der Waals surface area contributed by atoms with Crippen molar-refractivity contribution in [3.63, 3.8) is 0 Å². The molecule has 2 rings (SSSR count). The number of anilines is 1. The Morgan fingerprint density at radius 2 is 2.05 bits per heavy atom. The lowest BCUT2D eigenvalue weighted by atomic mass is 10.1. The van der Waals surface area contributed by atoms with Gasteiger partial charge in [-0.05, 0) is 25.0 Å². The summed E-state index contributed by atoms with van der Waals surface area (Å²) < 4.78 is 22.7. The summed E-state index contributed by atoms with van der Waals surface area (Å²) in [5.41, 5.74) is 0.0738. The predicted octanol–water partition coefficient (Wildman–Crippen LogP) is 0.0729. The van der Waals surface area contributed by atoms with Crippen molar-refractivity contribution in [2.24, 2.45) is 5.41 Å². The number of amides is 1. The molecule has 0 unspecified atom stereocenters. The van der Waals surface area contributed by atoms with Crippen LogP contribution < -0.4 is 10.6 Å². The first-order valence-electron chi connectivity index (χ1n) is 6.31. The van der Waals surface area contributed by atoms with Crippen LogP contribution in [0.3, 0.4) is 0 Å². The summed E-state index contributed by atoms with van der Waals surface area (Å²) in [6.45, 7) is 0.550. The van der Waals surface area contributed by atoms with Gasteiger partial charge in [0.15, 0.2) is 5.69 Å². The zero-order valence-corrected chi connectivity index (χ0v) is 12.3. The van der Waals surface area contributed by atoms with E-state index >= 15 is 0 Å². The summed E-state index contributed by atoms with van der Waals surface area (Å²) in [5.74, 6) is 0.439. The van der Waals surface area contributed by atoms with Crippen molar-refractivity contribution in [2.75, 3.05) is 30.9 Å². The average molecular weight is 298 g/mol. The molecule has 0 bridgehead atoms. The van der Waals surface area contributed by atoms with Crippen molar-refractivity contribution in [3.8, 4) is 0 Å². The third kappa shape index (κ3) is 3.89. The third-order valence-electron chi connectivity index (χ3n) is 3.29. The largest absolute Gasteiger partial charge is 0.368 e. The number of aromatic nitrogens is 2. The van der Waals surface area contributed by atoms with E-state index in [1.54, 1.807) is 12.1 Å². The highest BCUT2D eigenvalue weighted by molar-refractivity contribution is 7.90. The van der Waals surface area contributed by atoms with E-state index in [1.165, 1.54) is 13.3 Å². The maximum Gasteiger partial charge on any atom is 0.271 e. The summed E-state index contributed by atoms with van der Waals surface area (Å²) in [6, 6.07) is 3.23. The summed E-state index contributed by atoms with van der Waals surface area (Å²) in [4.78, 5) is 11.3. The number of hydrogen-bond acceptors (Lipinski definition) is 6. The first-order valence-corrected chi connectivity index (χ1v) is 8.37. The van der Waals surface area contributed by atoms with E-state index in [4.69, 9.17) is 0 Å². The molecule has 1 saturated carbocycles. The molecule has 1 fully saturated rings. The molecular formula is C12H18N4O3S. The molecule has 1 amide bonds. The highest BCUT2D eigenvalue weighted by Crippen LogP contribution is 2.46. The summed E-state index contributed by atoms with van der Waals surface area (Å²) in [5, 5.41) is 13.3. The van der Waals surface area contributed by atoms with Gasteiger partial charge in [0, 0.05) is 25.3 Å². The maximum atomic E-state index is 11.4. The molecule has 0 spiro atoms. The van der Waals surface area contributed by atoms with Crippen LogP contribution in [0.1, 0.15) is 23.3 Å². The van der Waals surface area contributed by atoms with Gasteiger partial charge in [-0.25, -0.2) is 8.42 Å². The Morgan fingerprint density at radius 1 is 1.35 bits per heavy atom. The van der Waals surface area contributed by atoms with Crippen LogP contribution >= 0.6 is 0 Å². The number of hydrogen-bond donors (Lipinski definition) is 2. The zero-order chi connectivity index (χ0) is 14.8. The number of nitrogens with one attached hydrogen (secondary N) is 2. The van der Waals surface area contributed by atoms with E-state index in [0.717, 1.165) is 12.8 Å². The molecule has 1 aliphatic rings. The topological polar surface area (TPSA) is 101 Å². The molecule has 1 aromatic heterocycles. The predicted molar refractivity (Wildman–Crippen MR) is 75.3 cm³/mol. The van der Waals surface area contributed by atoms with Crippen LogP contribution in [0.15, 0.2) is 12.1 Å². The van der Waals surface area contributed by atoms with Crippen LogP contribution in [0.4, 0.5) is 5.82 Å². The number of rotatable bonds is 6. The molecule has 110 valence electrons. The van der Waals surface area contributed by atoms with Crippen LogP contribution in [-0.2, 0) is 9.84 Å². The molecule has 0 saturated heterocycles. The van der Waals surface area contributed by atoms with E-state index < -0.39 is 9.84 Å². The molecule has 2 N–H and O–H groups in total. The quantitative estimate of drug-likeness (QED) is 0.771. The van der Waals surface area contributed by atoms with Gasteiger partial charge in [-0.1, -0.05) is 0 Å². The number of nitrogens with zero attached hydrogens (tertiary/aromatic N) is 2. The molecule has 0 atom stereocenters. The molecule has 0 radical (unpaired) electrons. The molecule has 7 nitrogen and oxygen atoms in total. The van der Waals surface area contributed by atoms with Gasteiger partial charge < -0.3 is 10.6 Å². The Balaban J connectivity index is 1.93. The number of sulfone groups is 1. The lowest BCUT2D eigenvalue weighted by Crippen LogP contribution is -2.25. The fourth-order valence-electron chi connectivity index (χ4n) is 2.06. The van der Waals surface area contributed by atoms with E-state index in [0.29, 0.717) is 12.4 Å². The first kappa shape index (κ1) is 14.7. The summed E-state index contributed by atoms with van der Waals surface area (Å²) in [7, 11) is -1.45. The van der Waals surface area contributed by atoms with Crippen molar-refractivity contribution < 1.29 is 13.2 Å². The molecule has 0 aromatic carbocycles. The lowest BCUT2D eigenvalue weighted by molar-refractivity contribution is 0.0957. The SMILES string of the molecule is CNC(=O)c1ccc(NCC2(CS(C)(=O)=O)CC2)nn1. The van der Waals surface area contributed by atoms with Gasteiger partial charge in [-0.15, -0.1) is 10.2 Å². The second kappa shape index (κ2) is 5.35. The first-order chi connectivity index (χ1) is 9.34. The van der Waals surface area contributed by atoms with Gasteiger partial charge >= 0.3 is 0 Å². The normalized spacial score (nSPS) is 16.5. The van der Waals surface area contributed by atoms with Crippen LogP contribution in [0, 0.1) is 5.41 Å². The fourth-order valence-corrected chi connectivity index (χ4v) is 3.56. The molecular weight excluding hydrogens is 280 g/mol. The second-order valence-electron chi connectivity index (χ2n) is 5.31.